The number of anilines is 1. The van der Waals surface area contributed by atoms with Crippen LogP contribution in [0.1, 0.15) is 29.2 Å². The van der Waals surface area contributed by atoms with Crippen molar-refractivity contribution in [1.82, 2.24) is 10.3 Å². The number of hydrogen-bond donors (Lipinski definition) is 1. The number of rotatable bonds is 11. The summed E-state index contributed by atoms with van der Waals surface area (Å²) in [5, 5.41) is 6.16. The molecule has 1 aliphatic rings. The second-order valence-electron chi connectivity index (χ2n) is 10.6. The van der Waals surface area contributed by atoms with E-state index in [1.807, 2.05) is 105 Å². The molecule has 0 saturated carbocycles. The molecular formula is C35H33Cl2N3O4S. The first-order valence-electron chi connectivity index (χ1n) is 14.3. The second-order valence-corrected chi connectivity index (χ2v) is 12.8. The fraction of sp³-hybridized carbons (Fsp3) is 0.200. The van der Waals surface area contributed by atoms with Gasteiger partial charge in [-0.05, 0) is 61.4 Å². The van der Waals surface area contributed by atoms with Gasteiger partial charge in [0.2, 0.25) is 11.0 Å². The van der Waals surface area contributed by atoms with Crippen molar-refractivity contribution in [3.8, 4) is 5.75 Å². The molecule has 0 radical (unpaired) electrons. The predicted molar refractivity (Wildman–Crippen MR) is 181 cm³/mol. The lowest BCUT2D eigenvalue weighted by molar-refractivity contribution is -0.134. The number of hydrazine groups is 1. The number of halogens is 2. The molecule has 4 aromatic rings. The van der Waals surface area contributed by atoms with Gasteiger partial charge in [0.1, 0.15) is 12.4 Å². The largest absolute Gasteiger partial charge is 0.489 e. The van der Waals surface area contributed by atoms with E-state index in [0.717, 1.165) is 32.8 Å². The van der Waals surface area contributed by atoms with Crippen LogP contribution in [-0.2, 0) is 27.5 Å². The second kappa shape index (κ2) is 14.4. The molecule has 1 atom stereocenters. The fourth-order valence-corrected chi connectivity index (χ4v) is 6.38. The third kappa shape index (κ3) is 8.02. The van der Waals surface area contributed by atoms with Gasteiger partial charge >= 0.3 is 0 Å². The van der Waals surface area contributed by atoms with Gasteiger partial charge < -0.3 is 14.8 Å². The lowest BCUT2D eigenvalue weighted by Crippen LogP contribution is -2.56. The Balaban J connectivity index is 1.32. The number of hydrogen-bond acceptors (Lipinski definition) is 6. The Hall–Kier alpha value is -3.95. The van der Waals surface area contributed by atoms with Crippen molar-refractivity contribution in [3.05, 3.63) is 129 Å². The number of carbonyl (C=O) groups is 2. The molecule has 4 aromatic carbocycles. The Kier molecular flexibility index (Phi) is 10.4. The summed E-state index contributed by atoms with van der Waals surface area (Å²) in [6.45, 7) is 4.21. The summed E-state index contributed by atoms with van der Waals surface area (Å²) in [5.41, 5.74) is 4.49. The maximum absolute atomic E-state index is 13.5. The van der Waals surface area contributed by atoms with Gasteiger partial charge in [0.05, 0.1) is 18.8 Å². The molecule has 1 heterocycles. The molecule has 0 spiro atoms. The number of amides is 2. The Morgan fingerprint density at radius 1 is 0.933 bits per heavy atom. The van der Waals surface area contributed by atoms with Crippen molar-refractivity contribution in [2.45, 2.75) is 37.0 Å². The normalized spacial score (nSPS) is 15.6. The number of thioether (sulfide) groups is 1. The Morgan fingerprint density at radius 3 is 2.24 bits per heavy atom. The monoisotopic (exact) mass is 661 g/mol. The van der Waals surface area contributed by atoms with Gasteiger partial charge in [-0.1, -0.05) is 101 Å². The number of likely N-dealkylation sites (N-methyl/N-ethyl adjacent to an activating group) is 1. The number of ether oxygens (including phenoxy) is 2. The number of fused-ring (bicyclic) bond motifs is 1. The van der Waals surface area contributed by atoms with E-state index in [4.69, 9.17) is 32.7 Å². The zero-order valence-electron chi connectivity index (χ0n) is 25.1. The van der Waals surface area contributed by atoms with Gasteiger partial charge in [-0.25, -0.2) is 5.01 Å². The van der Waals surface area contributed by atoms with Crippen LogP contribution in [0.5, 0.6) is 5.75 Å². The van der Waals surface area contributed by atoms with E-state index in [0.29, 0.717) is 22.4 Å². The molecule has 10 heteroatoms. The van der Waals surface area contributed by atoms with Crippen LogP contribution in [0.4, 0.5) is 5.69 Å². The van der Waals surface area contributed by atoms with Gasteiger partial charge in [-0.15, -0.1) is 0 Å². The van der Waals surface area contributed by atoms with Crippen LogP contribution < -0.4 is 15.1 Å². The van der Waals surface area contributed by atoms with Gasteiger partial charge in [0.25, 0.3) is 5.91 Å². The number of benzene rings is 4. The summed E-state index contributed by atoms with van der Waals surface area (Å²) in [6.07, 6.45) is 3.13. The minimum absolute atomic E-state index is 0.205. The molecule has 0 bridgehead atoms. The van der Waals surface area contributed by atoms with E-state index >= 15 is 0 Å². The molecule has 1 N–H and O–H groups in total. The quantitative estimate of drug-likeness (QED) is 0.165. The Morgan fingerprint density at radius 2 is 1.58 bits per heavy atom. The van der Waals surface area contributed by atoms with Crippen LogP contribution in [0.15, 0.2) is 102 Å². The summed E-state index contributed by atoms with van der Waals surface area (Å²) in [6, 6.07) is 28.5. The standard InChI is InChI=1S/C35H33Cl2N3O4S/c1-24-12-14-25(15-13-24)16-19-33(41)38-21-34(42)39(3)40-31-18-17-28(43-22-26-8-4-6-10-29(26)36)20-32(31)45-35(40,2)44-23-27-9-5-7-11-30(27)37/h4-20H,21-23H2,1-3H3,(H,38,41)/b19-16+. The van der Waals surface area contributed by atoms with Crippen molar-refractivity contribution in [2.75, 3.05) is 18.6 Å². The van der Waals surface area contributed by atoms with E-state index in [-0.39, 0.29) is 25.0 Å². The van der Waals surface area contributed by atoms with Gasteiger partial charge in [0.15, 0.2) is 0 Å². The van der Waals surface area contributed by atoms with E-state index in [1.54, 1.807) is 18.1 Å². The van der Waals surface area contributed by atoms with Crippen molar-refractivity contribution in [3.63, 3.8) is 0 Å². The molecule has 0 saturated heterocycles. The first kappa shape index (κ1) is 32.4. The summed E-state index contributed by atoms with van der Waals surface area (Å²) in [5.74, 6) is -0.0446. The molecular weight excluding hydrogens is 629 g/mol. The molecule has 5 rings (SSSR count). The Labute approximate surface area is 277 Å². The number of carbonyl (C=O) groups excluding carboxylic acids is 2. The third-order valence-corrected chi connectivity index (χ3v) is 9.18. The summed E-state index contributed by atoms with van der Waals surface area (Å²) < 4.78 is 12.6. The Bertz CT molecular complexity index is 1720. The van der Waals surface area contributed by atoms with Crippen LogP contribution >= 0.6 is 35.0 Å². The molecule has 1 unspecified atom stereocenters. The highest BCUT2D eigenvalue weighted by Gasteiger charge is 2.46. The maximum atomic E-state index is 13.5. The van der Waals surface area contributed by atoms with E-state index in [9.17, 15) is 9.59 Å². The zero-order chi connectivity index (χ0) is 32.0. The minimum Gasteiger partial charge on any atom is -0.489 e. The fourth-order valence-electron chi connectivity index (χ4n) is 4.73. The first-order valence-corrected chi connectivity index (χ1v) is 15.9. The van der Waals surface area contributed by atoms with Crippen molar-refractivity contribution >= 4 is 58.5 Å². The molecule has 0 fully saturated rings. The molecule has 45 heavy (non-hydrogen) atoms. The molecule has 7 nitrogen and oxygen atoms in total. The molecule has 2 amide bonds. The van der Waals surface area contributed by atoms with Crippen LogP contribution in [0.3, 0.4) is 0 Å². The van der Waals surface area contributed by atoms with E-state index in [1.165, 1.54) is 22.8 Å². The van der Waals surface area contributed by atoms with Crippen molar-refractivity contribution in [1.29, 1.82) is 0 Å². The van der Waals surface area contributed by atoms with Gasteiger partial charge in [-0.2, -0.15) is 0 Å². The summed E-state index contributed by atoms with van der Waals surface area (Å²) in [7, 11) is 1.66. The van der Waals surface area contributed by atoms with Crippen molar-refractivity contribution in [2.24, 2.45) is 0 Å². The van der Waals surface area contributed by atoms with E-state index < -0.39 is 5.06 Å². The maximum Gasteiger partial charge on any atom is 0.260 e. The van der Waals surface area contributed by atoms with Crippen LogP contribution in [-0.4, -0.2) is 35.5 Å². The van der Waals surface area contributed by atoms with Crippen LogP contribution in [0.2, 0.25) is 10.0 Å². The number of nitrogens with zero attached hydrogens (tertiary/aromatic N) is 2. The van der Waals surface area contributed by atoms with Crippen LogP contribution in [0.25, 0.3) is 6.08 Å². The zero-order valence-corrected chi connectivity index (χ0v) is 27.5. The number of aryl methyl sites for hydroxylation is 1. The lowest BCUT2D eigenvalue weighted by Gasteiger charge is -2.41. The summed E-state index contributed by atoms with van der Waals surface area (Å²) >= 11 is 14.2. The highest BCUT2D eigenvalue weighted by atomic mass is 35.5. The third-order valence-electron chi connectivity index (χ3n) is 7.23. The molecule has 232 valence electrons. The highest BCUT2D eigenvalue weighted by molar-refractivity contribution is 8.01. The topological polar surface area (TPSA) is 71.1 Å². The molecule has 0 aromatic heterocycles. The smallest absolute Gasteiger partial charge is 0.260 e. The van der Waals surface area contributed by atoms with E-state index in [2.05, 4.69) is 5.32 Å². The highest BCUT2D eigenvalue weighted by Crippen LogP contribution is 2.52. The van der Waals surface area contributed by atoms with Crippen molar-refractivity contribution < 1.29 is 19.1 Å². The SMILES string of the molecule is Cc1ccc(/C=C/C(=O)NCC(=O)N(C)N2c3ccc(OCc4ccccc4Cl)cc3SC2(C)OCc2ccccc2Cl)cc1. The minimum atomic E-state index is -1.03. The van der Waals surface area contributed by atoms with Gasteiger partial charge in [0, 0.05) is 33.6 Å². The first-order chi connectivity index (χ1) is 21.6. The number of nitrogens with one attached hydrogen (secondary N) is 1. The lowest BCUT2D eigenvalue weighted by atomic mass is 10.1. The predicted octanol–water partition coefficient (Wildman–Crippen LogP) is 7.89. The molecule has 0 aliphatic carbocycles. The average Bonchev–Trinajstić information content (AvgIpc) is 3.33. The van der Waals surface area contributed by atoms with Gasteiger partial charge in [-0.3, -0.25) is 14.6 Å². The molecule has 1 aliphatic heterocycles. The van der Waals surface area contributed by atoms with Crippen LogP contribution in [0, 0.1) is 6.92 Å². The average molecular weight is 663 g/mol. The summed E-state index contributed by atoms with van der Waals surface area (Å²) in [4.78, 5) is 26.8.